The van der Waals surface area contributed by atoms with Crippen LogP contribution in [0.1, 0.15) is 12.2 Å². The minimum atomic E-state index is -2.49. The monoisotopic (exact) mass is 521 g/mol. The highest BCUT2D eigenvalue weighted by Gasteiger charge is 2.42. The van der Waals surface area contributed by atoms with E-state index in [0.29, 0.717) is 53.8 Å². The van der Waals surface area contributed by atoms with Crippen LogP contribution >= 0.6 is 0 Å². The van der Waals surface area contributed by atoms with E-state index in [0.717, 1.165) is 5.56 Å². The normalized spacial score (nSPS) is 17.8. The molecule has 4 aromatic heterocycles. The highest BCUT2D eigenvalue weighted by Crippen LogP contribution is 2.31. The molecule has 3 N–H and O–H groups in total. The van der Waals surface area contributed by atoms with Gasteiger partial charge in [0.05, 0.1) is 38.0 Å². The summed E-state index contributed by atoms with van der Waals surface area (Å²) in [5.41, 5.74) is 8.78. The molecular weight excluding hydrogens is 494 g/mol. The van der Waals surface area contributed by atoms with Crippen LogP contribution in [0, 0.1) is 6.92 Å². The molecule has 14 heteroatoms. The number of alkyl halides is 4. The lowest BCUT2D eigenvalue weighted by Gasteiger charge is -2.34. The number of nitrogens with one attached hydrogen (secondary N) is 1. The Kier molecular flexibility index (Phi) is 6.62. The molecule has 198 valence electrons. The summed E-state index contributed by atoms with van der Waals surface area (Å²) in [6.07, 6.45) is -0.722. The predicted molar refractivity (Wildman–Crippen MR) is 130 cm³/mol. The van der Waals surface area contributed by atoms with E-state index in [2.05, 4.69) is 25.4 Å². The summed E-state index contributed by atoms with van der Waals surface area (Å²) in [5.74, 6) is -1.26. The zero-order chi connectivity index (χ0) is 26.3. The van der Waals surface area contributed by atoms with Gasteiger partial charge in [-0.05, 0) is 25.1 Å². The van der Waals surface area contributed by atoms with Crippen LogP contribution in [-0.4, -0.2) is 85.8 Å². The van der Waals surface area contributed by atoms with Crippen molar-refractivity contribution >= 4 is 28.4 Å². The number of aryl methyl sites for hydroxylation is 1. The van der Waals surface area contributed by atoms with Crippen LogP contribution < -0.4 is 11.1 Å². The first-order chi connectivity index (χ1) is 17.6. The second-order valence-corrected chi connectivity index (χ2v) is 9.06. The third-order valence-electron chi connectivity index (χ3n) is 6.48. The molecule has 0 unspecified atom stereocenters. The molecule has 0 atom stereocenters. The summed E-state index contributed by atoms with van der Waals surface area (Å²) in [6.45, 7) is 2.97. The van der Waals surface area contributed by atoms with Crippen LogP contribution in [0.5, 0.6) is 0 Å². The molecule has 0 aliphatic carbocycles. The van der Waals surface area contributed by atoms with Gasteiger partial charge >= 0.3 is 0 Å². The van der Waals surface area contributed by atoms with Gasteiger partial charge in [-0.2, -0.15) is 4.98 Å². The Morgan fingerprint density at radius 3 is 2.59 bits per heavy atom. The number of aromatic nitrogens is 6. The van der Waals surface area contributed by atoms with Crippen molar-refractivity contribution in [3.8, 4) is 11.3 Å². The number of pyridine rings is 1. The van der Waals surface area contributed by atoms with E-state index < -0.39 is 18.9 Å². The van der Waals surface area contributed by atoms with Crippen molar-refractivity contribution in [1.29, 1.82) is 0 Å². The van der Waals surface area contributed by atoms with Gasteiger partial charge in [0.15, 0.2) is 11.5 Å². The number of nitrogens with zero attached hydrogens (tertiary/aromatic N) is 7. The van der Waals surface area contributed by atoms with Gasteiger partial charge in [-0.3, -0.25) is 4.90 Å². The maximum atomic E-state index is 12.9. The molecule has 0 radical (unpaired) electrons. The van der Waals surface area contributed by atoms with Crippen molar-refractivity contribution in [2.45, 2.75) is 38.3 Å². The number of hydrogen-bond donors (Lipinski definition) is 2. The van der Waals surface area contributed by atoms with Gasteiger partial charge in [0.2, 0.25) is 5.95 Å². The average Bonchev–Trinajstić information content (AvgIpc) is 3.47. The van der Waals surface area contributed by atoms with Gasteiger partial charge in [0.25, 0.3) is 12.3 Å². The second kappa shape index (κ2) is 9.74. The highest BCUT2D eigenvalue weighted by molar-refractivity contribution is 5.89. The Labute approximate surface area is 209 Å². The van der Waals surface area contributed by atoms with Crippen molar-refractivity contribution in [2.24, 2.45) is 0 Å². The minimum Gasteiger partial charge on any atom is -0.378 e. The molecule has 10 nitrogen and oxygen atoms in total. The van der Waals surface area contributed by atoms with E-state index in [9.17, 15) is 17.6 Å². The molecule has 6 rings (SSSR count). The van der Waals surface area contributed by atoms with Crippen LogP contribution in [0.4, 0.5) is 29.3 Å². The Hall–Kier alpha value is -3.52. The number of imidazole rings is 1. The third-order valence-corrected chi connectivity index (χ3v) is 6.48. The number of fused-ring (bicyclic) bond motifs is 2. The number of halogens is 4. The van der Waals surface area contributed by atoms with E-state index in [1.807, 2.05) is 11.0 Å². The summed E-state index contributed by atoms with van der Waals surface area (Å²) < 4.78 is 59.0. The van der Waals surface area contributed by atoms with Gasteiger partial charge in [-0.1, -0.05) is 0 Å². The Morgan fingerprint density at radius 1 is 1.19 bits per heavy atom. The second-order valence-electron chi connectivity index (χ2n) is 9.06. The first-order valence-corrected chi connectivity index (χ1v) is 11.8. The van der Waals surface area contributed by atoms with E-state index >= 15 is 0 Å². The molecule has 0 spiro atoms. The molecule has 37 heavy (non-hydrogen) atoms. The lowest BCUT2D eigenvalue weighted by molar-refractivity contribution is -0.0707. The molecule has 2 aliphatic rings. The van der Waals surface area contributed by atoms with Gasteiger partial charge in [-0.25, -0.2) is 32.0 Å². The van der Waals surface area contributed by atoms with Crippen molar-refractivity contribution < 1.29 is 22.3 Å². The number of hydrogen-bond acceptors (Lipinski definition) is 8. The Balaban J connectivity index is 0.000000212. The zero-order valence-corrected chi connectivity index (χ0v) is 20.3. The first kappa shape index (κ1) is 25.1. The maximum absolute atomic E-state index is 12.9. The highest BCUT2D eigenvalue weighted by atomic mass is 19.3. The van der Waals surface area contributed by atoms with Crippen molar-refractivity contribution in [1.82, 2.24) is 34.0 Å². The zero-order valence-electron chi connectivity index (χ0n) is 20.3. The van der Waals surface area contributed by atoms with E-state index in [1.54, 1.807) is 36.8 Å². The van der Waals surface area contributed by atoms with Gasteiger partial charge < -0.3 is 20.4 Å². The summed E-state index contributed by atoms with van der Waals surface area (Å²) in [4.78, 5) is 14.9. The van der Waals surface area contributed by atoms with Crippen LogP contribution in [-0.2, 0) is 11.3 Å². The standard InChI is InChI=1S/C16H16F2N8.C7H11F2NO/c1-8-21-11-4-3-10(22-15(11)25(8)7-12(17)18)9-5-6-26-13(9)14(20-2)23-16(19)24-26;8-7(9)1-2-10(5-7)6-3-11-4-6/h3-6,12H,7H2,1-2H3,(H3,19,20,23,24);6H,1-5H2. The van der Waals surface area contributed by atoms with Crippen molar-refractivity contribution in [3.05, 3.63) is 30.2 Å². The van der Waals surface area contributed by atoms with E-state index in [1.165, 1.54) is 4.57 Å². The van der Waals surface area contributed by atoms with E-state index in [4.69, 9.17) is 10.5 Å². The number of likely N-dealkylation sites (tertiary alicyclic amines) is 1. The van der Waals surface area contributed by atoms with Gasteiger partial charge in [0.1, 0.15) is 16.9 Å². The first-order valence-electron chi connectivity index (χ1n) is 11.8. The summed E-state index contributed by atoms with van der Waals surface area (Å²) >= 11 is 0. The number of nitrogens with two attached hydrogens (primary N) is 1. The van der Waals surface area contributed by atoms with Gasteiger partial charge in [0, 0.05) is 31.8 Å². The molecule has 2 saturated heterocycles. The number of ether oxygens (including phenoxy) is 1. The summed E-state index contributed by atoms with van der Waals surface area (Å²) in [6, 6.07) is 5.67. The molecular formula is C23H27F4N9O. The van der Waals surface area contributed by atoms with Crippen LogP contribution in [0.3, 0.4) is 0 Å². The lowest BCUT2D eigenvalue weighted by atomic mass is 10.2. The molecule has 0 saturated carbocycles. The molecule has 4 aromatic rings. The Bertz CT molecular complexity index is 1420. The largest absolute Gasteiger partial charge is 0.378 e. The molecule has 6 heterocycles. The van der Waals surface area contributed by atoms with Crippen molar-refractivity contribution in [2.75, 3.05) is 44.4 Å². The molecule has 0 amide bonds. The third kappa shape index (κ3) is 5.03. The minimum absolute atomic E-state index is 0.0174. The molecule has 2 aliphatic heterocycles. The topological polar surface area (TPSA) is 111 Å². The van der Waals surface area contributed by atoms with Crippen LogP contribution in [0.15, 0.2) is 24.4 Å². The summed E-state index contributed by atoms with van der Waals surface area (Å²) in [5, 5.41) is 7.14. The fraction of sp³-hybridized carbons (Fsp3) is 0.478. The number of rotatable bonds is 5. The van der Waals surface area contributed by atoms with E-state index in [-0.39, 0.29) is 25.0 Å². The SMILES string of the molecule is CNc1nc(N)nn2ccc(-c3ccc4nc(C)n(CC(F)F)c4n3)c12.FC1(F)CCN(C2COC2)C1. The molecule has 0 aromatic carbocycles. The molecule has 2 fully saturated rings. The fourth-order valence-corrected chi connectivity index (χ4v) is 4.55. The number of anilines is 2. The fourth-order valence-electron chi connectivity index (χ4n) is 4.55. The average molecular weight is 522 g/mol. The smallest absolute Gasteiger partial charge is 0.261 e. The predicted octanol–water partition coefficient (Wildman–Crippen LogP) is 3.06. The number of nitrogen functional groups attached to an aromatic ring is 1. The Morgan fingerprint density at radius 2 is 1.97 bits per heavy atom. The maximum Gasteiger partial charge on any atom is 0.261 e. The van der Waals surface area contributed by atoms with Crippen molar-refractivity contribution in [3.63, 3.8) is 0 Å². The van der Waals surface area contributed by atoms with Crippen LogP contribution in [0.25, 0.3) is 27.9 Å². The van der Waals surface area contributed by atoms with Crippen LogP contribution in [0.2, 0.25) is 0 Å². The van der Waals surface area contributed by atoms with Gasteiger partial charge in [-0.15, -0.1) is 5.10 Å². The lowest BCUT2D eigenvalue weighted by Crippen LogP contribution is -2.48. The molecule has 0 bridgehead atoms. The summed E-state index contributed by atoms with van der Waals surface area (Å²) in [7, 11) is 1.73. The quantitative estimate of drug-likeness (QED) is 0.386.